The zero-order valence-corrected chi connectivity index (χ0v) is 18.4. The SMILES string of the molecule is CCc1cc(NCC=C(c2ccc(N)cc2)c2ccc(N)cc2)ccc1OCC(=O)OC. The zero-order valence-electron chi connectivity index (χ0n) is 18.4. The molecule has 3 rings (SSSR count). The van der Waals surface area contributed by atoms with E-state index in [0.717, 1.165) is 45.7 Å². The Morgan fingerprint density at radius 2 is 1.53 bits per heavy atom. The molecule has 5 N–H and O–H groups in total. The molecule has 0 aliphatic rings. The van der Waals surface area contributed by atoms with E-state index in [1.807, 2.05) is 73.7 Å². The van der Waals surface area contributed by atoms with E-state index >= 15 is 0 Å². The van der Waals surface area contributed by atoms with Crippen molar-refractivity contribution in [1.82, 2.24) is 0 Å². The summed E-state index contributed by atoms with van der Waals surface area (Å²) in [6, 6.07) is 21.5. The molecule has 0 amide bonds. The number of carbonyl (C=O) groups is 1. The van der Waals surface area contributed by atoms with Crippen LogP contribution in [0, 0.1) is 0 Å². The topological polar surface area (TPSA) is 99.6 Å². The molecule has 0 radical (unpaired) electrons. The van der Waals surface area contributed by atoms with Crippen LogP contribution in [-0.4, -0.2) is 26.2 Å². The van der Waals surface area contributed by atoms with Crippen molar-refractivity contribution < 1.29 is 14.3 Å². The smallest absolute Gasteiger partial charge is 0.343 e. The molecule has 0 bridgehead atoms. The molecule has 0 saturated carbocycles. The molecular weight excluding hydrogens is 402 g/mol. The number of ether oxygens (including phenoxy) is 2. The highest BCUT2D eigenvalue weighted by molar-refractivity contribution is 5.81. The van der Waals surface area contributed by atoms with E-state index in [1.165, 1.54) is 7.11 Å². The summed E-state index contributed by atoms with van der Waals surface area (Å²) in [6.45, 7) is 2.56. The predicted molar refractivity (Wildman–Crippen MR) is 131 cm³/mol. The number of carbonyl (C=O) groups excluding carboxylic acids is 1. The predicted octanol–water partition coefficient (Wildman–Crippen LogP) is 4.51. The second-order valence-corrected chi connectivity index (χ2v) is 7.28. The largest absolute Gasteiger partial charge is 0.482 e. The van der Waals surface area contributed by atoms with Gasteiger partial charge in [-0.15, -0.1) is 0 Å². The molecule has 32 heavy (non-hydrogen) atoms. The molecular formula is C26H29N3O3. The molecule has 3 aromatic rings. The Hall–Kier alpha value is -3.93. The standard InChI is InChI=1S/C26H29N3O3/c1-3-18-16-23(12-13-25(18)32-17-26(30)31-2)29-15-14-24(19-4-8-21(27)9-5-19)20-6-10-22(28)11-7-20/h4-14,16,29H,3,15,17,27-28H2,1-2H3. The highest BCUT2D eigenvalue weighted by atomic mass is 16.6. The van der Waals surface area contributed by atoms with Gasteiger partial charge in [-0.3, -0.25) is 0 Å². The van der Waals surface area contributed by atoms with Crippen molar-refractivity contribution in [2.24, 2.45) is 0 Å². The normalized spacial score (nSPS) is 10.3. The van der Waals surface area contributed by atoms with Gasteiger partial charge in [0.05, 0.1) is 7.11 Å². The molecule has 0 unspecified atom stereocenters. The number of hydrogen-bond acceptors (Lipinski definition) is 6. The van der Waals surface area contributed by atoms with Gasteiger partial charge in [-0.2, -0.15) is 0 Å². The van der Waals surface area contributed by atoms with Gasteiger partial charge >= 0.3 is 5.97 Å². The van der Waals surface area contributed by atoms with Crippen LogP contribution in [0.2, 0.25) is 0 Å². The molecule has 166 valence electrons. The highest BCUT2D eigenvalue weighted by Gasteiger charge is 2.08. The maximum atomic E-state index is 11.3. The minimum absolute atomic E-state index is 0.106. The molecule has 0 aromatic heterocycles. The van der Waals surface area contributed by atoms with Gasteiger partial charge in [-0.05, 0) is 71.1 Å². The Bertz CT molecular complexity index is 1030. The summed E-state index contributed by atoms with van der Waals surface area (Å²) in [5.74, 6) is 0.278. The van der Waals surface area contributed by atoms with E-state index in [1.54, 1.807) is 0 Å². The van der Waals surface area contributed by atoms with E-state index in [0.29, 0.717) is 12.3 Å². The summed E-state index contributed by atoms with van der Waals surface area (Å²) in [7, 11) is 1.34. The number of nitrogens with one attached hydrogen (secondary N) is 1. The fraction of sp³-hybridized carbons (Fsp3) is 0.192. The lowest BCUT2D eigenvalue weighted by Gasteiger charge is -2.13. The molecule has 0 saturated heterocycles. The summed E-state index contributed by atoms with van der Waals surface area (Å²) in [5, 5.41) is 3.44. The van der Waals surface area contributed by atoms with Crippen LogP contribution in [-0.2, 0) is 16.0 Å². The molecule has 0 fully saturated rings. The van der Waals surface area contributed by atoms with Crippen molar-refractivity contribution in [2.45, 2.75) is 13.3 Å². The van der Waals surface area contributed by atoms with Crippen molar-refractivity contribution in [3.63, 3.8) is 0 Å². The number of hydrogen-bond donors (Lipinski definition) is 3. The van der Waals surface area contributed by atoms with Crippen molar-refractivity contribution in [3.8, 4) is 5.75 Å². The lowest BCUT2D eigenvalue weighted by molar-refractivity contribution is -0.142. The summed E-state index contributed by atoms with van der Waals surface area (Å²) < 4.78 is 10.2. The second-order valence-electron chi connectivity index (χ2n) is 7.28. The van der Waals surface area contributed by atoms with Gasteiger partial charge < -0.3 is 26.3 Å². The zero-order chi connectivity index (χ0) is 22.9. The quantitative estimate of drug-likeness (QED) is 0.341. The summed E-state index contributed by atoms with van der Waals surface area (Å²) in [5.41, 5.74) is 18.4. The molecule has 0 atom stereocenters. The Balaban J connectivity index is 1.77. The van der Waals surface area contributed by atoms with Crippen LogP contribution >= 0.6 is 0 Å². The first-order valence-corrected chi connectivity index (χ1v) is 10.5. The number of nitrogen functional groups attached to an aromatic ring is 2. The molecule has 3 aromatic carbocycles. The molecule has 6 nitrogen and oxygen atoms in total. The lowest BCUT2D eigenvalue weighted by Crippen LogP contribution is -2.13. The van der Waals surface area contributed by atoms with Crippen LogP contribution in [0.4, 0.5) is 17.1 Å². The van der Waals surface area contributed by atoms with Crippen LogP contribution in [0.15, 0.2) is 72.8 Å². The Kier molecular flexibility index (Phi) is 7.75. The third-order valence-corrected chi connectivity index (χ3v) is 5.07. The third-order valence-electron chi connectivity index (χ3n) is 5.07. The minimum atomic E-state index is -0.405. The van der Waals surface area contributed by atoms with E-state index in [-0.39, 0.29) is 6.61 Å². The van der Waals surface area contributed by atoms with Gasteiger partial charge in [0.1, 0.15) is 5.75 Å². The first kappa shape index (κ1) is 22.7. The number of anilines is 3. The molecule has 0 heterocycles. The van der Waals surface area contributed by atoms with Gasteiger partial charge in [0.2, 0.25) is 0 Å². The van der Waals surface area contributed by atoms with Gasteiger partial charge in [0.25, 0.3) is 0 Å². The third kappa shape index (κ3) is 6.04. The molecule has 0 aliphatic carbocycles. The molecule has 0 aliphatic heterocycles. The van der Waals surface area contributed by atoms with E-state index < -0.39 is 5.97 Å². The van der Waals surface area contributed by atoms with Crippen LogP contribution in [0.3, 0.4) is 0 Å². The fourth-order valence-corrected chi connectivity index (χ4v) is 3.30. The minimum Gasteiger partial charge on any atom is -0.482 e. The van der Waals surface area contributed by atoms with Crippen LogP contribution in [0.5, 0.6) is 5.75 Å². The molecule has 0 spiro atoms. The monoisotopic (exact) mass is 431 g/mol. The summed E-state index contributed by atoms with van der Waals surface area (Å²) >= 11 is 0. The number of methoxy groups -OCH3 is 1. The average molecular weight is 432 g/mol. The highest BCUT2D eigenvalue weighted by Crippen LogP contribution is 2.26. The fourth-order valence-electron chi connectivity index (χ4n) is 3.30. The van der Waals surface area contributed by atoms with Gasteiger partial charge in [-0.25, -0.2) is 4.79 Å². The number of benzene rings is 3. The Labute approximate surface area is 188 Å². The van der Waals surface area contributed by atoms with E-state index in [9.17, 15) is 4.79 Å². The van der Waals surface area contributed by atoms with Crippen molar-refractivity contribution in [3.05, 3.63) is 89.5 Å². The first-order valence-electron chi connectivity index (χ1n) is 10.5. The lowest BCUT2D eigenvalue weighted by atomic mass is 9.97. The maximum absolute atomic E-state index is 11.3. The number of rotatable bonds is 9. The van der Waals surface area contributed by atoms with E-state index in [4.69, 9.17) is 16.2 Å². The van der Waals surface area contributed by atoms with Crippen LogP contribution < -0.4 is 21.5 Å². The number of aryl methyl sites for hydroxylation is 1. The second kappa shape index (κ2) is 10.9. The van der Waals surface area contributed by atoms with Crippen LogP contribution in [0.25, 0.3) is 5.57 Å². The maximum Gasteiger partial charge on any atom is 0.343 e. The molecule has 6 heteroatoms. The number of nitrogens with two attached hydrogens (primary N) is 2. The van der Waals surface area contributed by atoms with Crippen molar-refractivity contribution >= 4 is 28.6 Å². The van der Waals surface area contributed by atoms with Crippen molar-refractivity contribution in [1.29, 1.82) is 0 Å². The number of esters is 1. The average Bonchev–Trinajstić information content (AvgIpc) is 2.82. The first-order chi connectivity index (χ1) is 15.5. The Morgan fingerprint density at radius 1 is 0.938 bits per heavy atom. The van der Waals surface area contributed by atoms with Gasteiger partial charge in [0, 0.05) is 23.6 Å². The van der Waals surface area contributed by atoms with Crippen LogP contribution in [0.1, 0.15) is 23.6 Å². The summed E-state index contributed by atoms with van der Waals surface area (Å²) in [6.07, 6.45) is 2.92. The summed E-state index contributed by atoms with van der Waals surface area (Å²) in [4.78, 5) is 11.3. The Morgan fingerprint density at radius 3 is 2.06 bits per heavy atom. The van der Waals surface area contributed by atoms with Crippen molar-refractivity contribution in [2.75, 3.05) is 37.0 Å². The van der Waals surface area contributed by atoms with Gasteiger partial charge in [0.15, 0.2) is 6.61 Å². The van der Waals surface area contributed by atoms with Gasteiger partial charge in [-0.1, -0.05) is 37.3 Å². The van der Waals surface area contributed by atoms with E-state index in [2.05, 4.69) is 16.1 Å².